The van der Waals surface area contributed by atoms with E-state index in [0.29, 0.717) is 0 Å². The minimum absolute atomic E-state index is 0. The third kappa shape index (κ3) is 2.67. The maximum Gasteiger partial charge on any atom is 0.0961 e. The van der Waals surface area contributed by atoms with Crippen LogP contribution >= 0.6 is 24.0 Å². The highest BCUT2D eigenvalue weighted by atomic mass is 35.5. The molecule has 0 aliphatic carbocycles. The minimum Gasteiger partial charge on any atom is -0.326 e. The Labute approximate surface area is 129 Å². The van der Waals surface area contributed by atoms with Gasteiger partial charge in [0.05, 0.1) is 17.4 Å². The highest BCUT2D eigenvalue weighted by Gasteiger charge is 2.07. The Bertz CT molecular complexity index is 730. The molecule has 1 heterocycles. The highest BCUT2D eigenvalue weighted by Crippen LogP contribution is 2.21. The average Bonchev–Trinajstić information content (AvgIpc) is 2.80. The number of hydrogen-bond acceptors (Lipinski definition) is 1. The molecule has 0 saturated heterocycles. The molecule has 0 spiro atoms. The second-order valence-electron chi connectivity index (χ2n) is 4.87. The minimum atomic E-state index is 0. The molecule has 1 aromatic heterocycles. The molecule has 0 aliphatic heterocycles. The van der Waals surface area contributed by atoms with E-state index in [1.165, 1.54) is 22.2 Å². The fourth-order valence-corrected chi connectivity index (χ4v) is 2.41. The van der Waals surface area contributed by atoms with Crippen LogP contribution in [0.3, 0.4) is 0 Å². The van der Waals surface area contributed by atoms with Gasteiger partial charge in [-0.3, -0.25) is 0 Å². The van der Waals surface area contributed by atoms with Crippen LogP contribution in [0.4, 0.5) is 0 Å². The van der Waals surface area contributed by atoms with E-state index >= 15 is 0 Å². The van der Waals surface area contributed by atoms with E-state index in [9.17, 15) is 0 Å². The van der Waals surface area contributed by atoms with Gasteiger partial charge in [-0.05, 0) is 48.7 Å². The van der Waals surface area contributed by atoms with E-state index in [1.54, 1.807) is 0 Å². The van der Waals surface area contributed by atoms with E-state index in [2.05, 4.69) is 47.7 Å². The van der Waals surface area contributed by atoms with Crippen molar-refractivity contribution in [1.82, 2.24) is 9.55 Å². The van der Waals surface area contributed by atoms with Crippen LogP contribution in [0.5, 0.6) is 0 Å². The molecule has 0 N–H and O–H groups in total. The summed E-state index contributed by atoms with van der Waals surface area (Å²) in [5.74, 6) is 0. The zero-order valence-corrected chi connectivity index (χ0v) is 13.0. The number of hydrogen-bond donors (Lipinski definition) is 0. The summed E-state index contributed by atoms with van der Waals surface area (Å²) < 4.78 is 2.17. The van der Waals surface area contributed by atoms with Crippen molar-refractivity contribution in [3.8, 4) is 0 Å². The topological polar surface area (TPSA) is 17.8 Å². The van der Waals surface area contributed by atoms with Gasteiger partial charge in [-0.15, -0.1) is 12.4 Å². The van der Waals surface area contributed by atoms with Crippen molar-refractivity contribution >= 4 is 35.0 Å². The number of aromatic nitrogens is 2. The average molecular weight is 307 g/mol. The molecule has 0 aliphatic rings. The molecule has 0 bridgehead atoms. The number of fused-ring (bicyclic) bond motifs is 1. The predicted octanol–water partition coefficient (Wildman–Crippen LogP) is 4.78. The van der Waals surface area contributed by atoms with Crippen molar-refractivity contribution in [3.63, 3.8) is 0 Å². The van der Waals surface area contributed by atoms with Crippen molar-refractivity contribution in [2.45, 2.75) is 20.4 Å². The van der Waals surface area contributed by atoms with Crippen molar-refractivity contribution in [2.75, 3.05) is 0 Å². The van der Waals surface area contributed by atoms with Crippen molar-refractivity contribution in [3.05, 3.63) is 64.4 Å². The van der Waals surface area contributed by atoms with Crippen LogP contribution in [-0.2, 0) is 6.54 Å². The number of rotatable bonds is 2. The summed E-state index contributed by atoms with van der Waals surface area (Å²) in [6, 6.07) is 12.2. The van der Waals surface area contributed by atoms with E-state index < -0.39 is 0 Å². The molecule has 2 aromatic carbocycles. The van der Waals surface area contributed by atoms with Gasteiger partial charge >= 0.3 is 0 Å². The van der Waals surface area contributed by atoms with E-state index in [-0.39, 0.29) is 12.4 Å². The summed E-state index contributed by atoms with van der Waals surface area (Å²) in [4.78, 5) is 4.53. The van der Waals surface area contributed by atoms with Crippen LogP contribution in [0.15, 0.2) is 42.7 Å². The Morgan fingerprint density at radius 2 is 1.75 bits per heavy atom. The zero-order chi connectivity index (χ0) is 13.4. The number of benzene rings is 2. The molecule has 0 radical (unpaired) electrons. The molecule has 0 saturated carbocycles. The first-order valence-corrected chi connectivity index (χ1v) is 6.68. The summed E-state index contributed by atoms with van der Waals surface area (Å²) in [7, 11) is 0. The lowest BCUT2D eigenvalue weighted by atomic mass is 10.1. The number of halogens is 2. The van der Waals surface area contributed by atoms with Gasteiger partial charge in [0.1, 0.15) is 0 Å². The summed E-state index contributed by atoms with van der Waals surface area (Å²) in [6.07, 6.45) is 1.91. The van der Waals surface area contributed by atoms with Gasteiger partial charge in [0.15, 0.2) is 0 Å². The summed E-state index contributed by atoms with van der Waals surface area (Å²) in [5.41, 5.74) is 6.03. The fourth-order valence-electron chi connectivity index (χ4n) is 2.28. The third-order valence-electron chi connectivity index (χ3n) is 3.58. The van der Waals surface area contributed by atoms with Gasteiger partial charge in [0.25, 0.3) is 0 Å². The van der Waals surface area contributed by atoms with Gasteiger partial charge in [-0.2, -0.15) is 0 Å². The Hall–Kier alpha value is -1.51. The molecule has 20 heavy (non-hydrogen) atoms. The number of nitrogens with zero attached hydrogens (tertiary/aromatic N) is 2. The first kappa shape index (κ1) is 14.9. The SMILES string of the molecule is Cc1ccc2c(ncn2Cc2ccc(Cl)cc2)c1C.Cl. The first-order chi connectivity index (χ1) is 9.15. The lowest BCUT2D eigenvalue weighted by molar-refractivity contribution is 0.824. The van der Waals surface area contributed by atoms with Crippen LogP contribution in [0.2, 0.25) is 5.02 Å². The maximum atomic E-state index is 5.91. The lowest BCUT2D eigenvalue weighted by Crippen LogP contribution is -1.97. The van der Waals surface area contributed by atoms with Crippen LogP contribution in [0, 0.1) is 13.8 Å². The Morgan fingerprint density at radius 3 is 2.45 bits per heavy atom. The predicted molar refractivity (Wildman–Crippen MR) is 87.0 cm³/mol. The van der Waals surface area contributed by atoms with E-state index in [4.69, 9.17) is 11.6 Å². The summed E-state index contributed by atoms with van der Waals surface area (Å²) in [6.45, 7) is 5.06. The largest absolute Gasteiger partial charge is 0.326 e. The van der Waals surface area contributed by atoms with Gasteiger partial charge < -0.3 is 4.57 Å². The number of aryl methyl sites for hydroxylation is 2. The summed E-state index contributed by atoms with van der Waals surface area (Å²) >= 11 is 5.91. The van der Waals surface area contributed by atoms with E-state index in [1.807, 2.05) is 18.5 Å². The molecule has 4 heteroatoms. The molecule has 104 valence electrons. The van der Waals surface area contributed by atoms with Crippen molar-refractivity contribution in [2.24, 2.45) is 0 Å². The highest BCUT2D eigenvalue weighted by molar-refractivity contribution is 6.30. The van der Waals surface area contributed by atoms with Crippen LogP contribution in [-0.4, -0.2) is 9.55 Å². The van der Waals surface area contributed by atoms with Crippen LogP contribution in [0.1, 0.15) is 16.7 Å². The van der Waals surface area contributed by atoms with Crippen molar-refractivity contribution < 1.29 is 0 Å². The Balaban J connectivity index is 0.00000147. The Kier molecular flexibility index (Phi) is 4.36. The Morgan fingerprint density at radius 1 is 1.05 bits per heavy atom. The van der Waals surface area contributed by atoms with Crippen molar-refractivity contribution in [1.29, 1.82) is 0 Å². The molecule has 3 aromatic rings. The van der Waals surface area contributed by atoms with Crippen LogP contribution in [0.25, 0.3) is 11.0 Å². The normalized spacial score (nSPS) is 10.6. The molecule has 0 fully saturated rings. The summed E-state index contributed by atoms with van der Waals surface area (Å²) in [5, 5.41) is 0.769. The molecule has 2 nitrogen and oxygen atoms in total. The monoisotopic (exact) mass is 306 g/mol. The molecular formula is C16H16Cl2N2. The molecule has 3 rings (SSSR count). The van der Waals surface area contributed by atoms with Gasteiger partial charge in [0, 0.05) is 11.6 Å². The number of imidazole rings is 1. The molecular weight excluding hydrogens is 291 g/mol. The molecule has 0 amide bonds. The quantitative estimate of drug-likeness (QED) is 0.666. The lowest BCUT2D eigenvalue weighted by Gasteiger charge is -2.06. The van der Waals surface area contributed by atoms with Gasteiger partial charge in [-0.25, -0.2) is 4.98 Å². The third-order valence-corrected chi connectivity index (χ3v) is 3.83. The zero-order valence-electron chi connectivity index (χ0n) is 11.4. The second-order valence-corrected chi connectivity index (χ2v) is 5.31. The first-order valence-electron chi connectivity index (χ1n) is 6.30. The fraction of sp³-hybridized carbons (Fsp3) is 0.188. The van der Waals surface area contributed by atoms with Gasteiger partial charge in [0.2, 0.25) is 0 Å². The molecule has 0 unspecified atom stereocenters. The van der Waals surface area contributed by atoms with Crippen LogP contribution < -0.4 is 0 Å². The standard InChI is InChI=1S/C16H15ClN2.ClH/c1-11-3-8-15-16(12(11)2)18-10-19(15)9-13-4-6-14(17)7-5-13;/h3-8,10H,9H2,1-2H3;1H. The maximum absolute atomic E-state index is 5.91. The second kappa shape index (κ2) is 5.86. The van der Waals surface area contributed by atoms with Gasteiger partial charge in [-0.1, -0.05) is 29.8 Å². The van der Waals surface area contributed by atoms with E-state index in [0.717, 1.165) is 17.1 Å². The smallest absolute Gasteiger partial charge is 0.0961 e. The molecule has 0 atom stereocenters.